The molecule has 0 heterocycles. The molecule has 2 aromatic carbocycles. The highest BCUT2D eigenvalue weighted by molar-refractivity contribution is 7.86. The highest BCUT2D eigenvalue weighted by Crippen LogP contribution is 2.21. The number of hydroxylamine groups is 2. The monoisotopic (exact) mass is 337 g/mol. The van der Waals surface area contributed by atoms with Gasteiger partial charge in [-0.25, -0.2) is 4.79 Å². The van der Waals surface area contributed by atoms with Crippen molar-refractivity contribution in [3.63, 3.8) is 0 Å². The van der Waals surface area contributed by atoms with E-state index < -0.39 is 21.8 Å². The predicted octanol–water partition coefficient (Wildman–Crippen LogP) is 3.33. The molecule has 0 bridgehead atoms. The van der Waals surface area contributed by atoms with Gasteiger partial charge in [-0.05, 0) is 43.7 Å². The molecule has 0 saturated carbocycles. The van der Waals surface area contributed by atoms with Crippen molar-refractivity contribution >= 4 is 27.0 Å². The maximum Gasteiger partial charge on any atom is 0.435 e. The molecular weight excluding hydrogens is 318 g/mol. The summed E-state index contributed by atoms with van der Waals surface area (Å²) in [5.41, 5.74) is -0.749. The maximum absolute atomic E-state index is 12.3. The fraction of sp³-hybridized carbons (Fsp3) is 0.312. The average Bonchev–Trinajstić information content (AvgIpc) is 2.44. The number of benzene rings is 2. The van der Waals surface area contributed by atoms with Crippen molar-refractivity contribution in [2.45, 2.75) is 31.3 Å². The van der Waals surface area contributed by atoms with Crippen molar-refractivity contribution in [2.24, 2.45) is 0 Å². The van der Waals surface area contributed by atoms with Crippen LogP contribution in [0.15, 0.2) is 47.4 Å². The van der Waals surface area contributed by atoms with E-state index in [-0.39, 0.29) is 4.90 Å². The van der Waals surface area contributed by atoms with Crippen LogP contribution in [0.2, 0.25) is 0 Å². The van der Waals surface area contributed by atoms with Gasteiger partial charge in [0.05, 0.1) is 4.90 Å². The third-order valence-electron chi connectivity index (χ3n) is 2.87. The first-order chi connectivity index (χ1) is 10.6. The third kappa shape index (κ3) is 4.43. The summed E-state index contributed by atoms with van der Waals surface area (Å²) in [5.74, 6) is 0. The molecule has 0 aliphatic carbocycles. The van der Waals surface area contributed by atoms with Gasteiger partial charge in [-0.15, -0.1) is 4.28 Å². The molecule has 0 saturated heterocycles. The van der Waals surface area contributed by atoms with Gasteiger partial charge in [-0.3, -0.25) is 0 Å². The number of carbonyl (C=O) groups excluding carboxylic acids is 1. The first kappa shape index (κ1) is 17.2. The molecule has 0 N–H and O–H groups in total. The zero-order valence-electron chi connectivity index (χ0n) is 13.4. The maximum atomic E-state index is 12.3. The molecule has 23 heavy (non-hydrogen) atoms. The summed E-state index contributed by atoms with van der Waals surface area (Å²) >= 11 is 0. The second-order valence-electron chi connectivity index (χ2n) is 6.02. The second-order valence-corrected chi connectivity index (χ2v) is 7.54. The Morgan fingerprint density at radius 3 is 2.26 bits per heavy atom. The van der Waals surface area contributed by atoms with Gasteiger partial charge >= 0.3 is 16.2 Å². The molecular formula is C16H19NO5S. The van der Waals surface area contributed by atoms with Gasteiger partial charge in [0.25, 0.3) is 0 Å². The number of amides is 1. The first-order valence-electron chi connectivity index (χ1n) is 6.99. The van der Waals surface area contributed by atoms with Crippen LogP contribution in [0.3, 0.4) is 0 Å². The van der Waals surface area contributed by atoms with Gasteiger partial charge < -0.3 is 4.74 Å². The molecule has 0 aromatic heterocycles. The van der Waals surface area contributed by atoms with E-state index in [1.165, 1.54) is 19.2 Å². The number of fused-ring (bicyclic) bond motifs is 1. The molecule has 0 aliphatic rings. The number of nitrogens with zero attached hydrogens (tertiary/aromatic N) is 1. The van der Waals surface area contributed by atoms with Crippen molar-refractivity contribution in [3.8, 4) is 0 Å². The largest absolute Gasteiger partial charge is 0.442 e. The van der Waals surface area contributed by atoms with Crippen LogP contribution in [-0.2, 0) is 19.1 Å². The van der Waals surface area contributed by atoms with Gasteiger partial charge in [0.15, 0.2) is 0 Å². The van der Waals surface area contributed by atoms with E-state index in [0.29, 0.717) is 5.06 Å². The van der Waals surface area contributed by atoms with Crippen LogP contribution >= 0.6 is 0 Å². The Bertz CT molecular complexity index is 824. The molecule has 0 fully saturated rings. The zero-order chi connectivity index (χ0) is 17.3. The SMILES string of the molecule is CN(OS(=O)(=O)c1ccc2ccccc2c1)C(=O)OC(C)(C)C. The highest BCUT2D eigenvalue weighted by Gasteiger charge is 2.26. The minimum Gasteiger partial charge on any atom is -0.442 e. The normalized spacial score (nSPS) is 12.2. The molecule has 0 aliphatic heterocycles. The van der Waals surface area contributed by atoms with Crippen LogP contribution in [-0.4, -0.2) is 32.2 Å². The van der Waals surface area contributed by atoms with Gasteiger partial charge in [0, 0.05) is 7.05 Å². The summed E-state index contributed by atoms with van der Waals surface area (Å²) in [6.45, 7) is 5.03. The summed E-state index contributed by atoms with van der Waals surface area (Å²) in [7, 11) is -2.94. The van der Waals surface area contributed by atoms with E-state index in [2.05, 4.69) is 0 Å². The smallest absolute Gasteiger partial charge is 0.435 e. The van der Waals surface area contributed by atoms with Crippen LogP contribution in [0.1, 0.15) is 20.8 Å². The Balaban J connectivity index is 2.21. The van der Waals surface area contributed by atoms with Crippen LogP contribution < -0.4 is 0 Å². The van der Waals surface area contributed by atoms with Crippen LogP contribution in [0.5, 0.6) is 0 Å². The zero-order valence-corrected chi connectivity index (χ0v) is 14.3. The lowest BCUT2D eigenvalue weighted by atomic mass is 10.1. The Hall–Kier alpha value is -2.12. The minimum atomic E-state index is -4.13. The highest BCUT2D eigenvalue weighted by atomic mass is 32.2. The number of hydrogen-bond acceptors (Lipinski definition) is 5. The van der Waals surface area contributed by atoms with Gasteiger partial charge in [0.1, 0.15) is 5.60 Å². The van der Waals surface area contributed by atoms with Crippen molar-refractivity contribution in [1.29, 1.82) is 0 Å². The Morgan fingerprint density at radius 1 is 1.04 bits per heavy atom. The Kier molecular flexibility index (Phi) is 4.63. The molecule has 0 radical (unpaired) electrons. The van der Waals surface area contributed by atoms with E-state index in [9.17, 15) is 13.2 Å². The number of hydrogen-bond donors (Lipinski definition) is 0. The summed E-state index contributed by atoms with van der Waals surface area (Å²) in [6.07, 6.45) is -0.887. The van der Waals surface area contributed by atoms with Crippen molar-refractivity contribution in [3.05, 3.63) is 42.5 Å². The molecule has 124 valence electrons. The van der Waals surface area contributed by atoms with E-state index in [0.717, 1.165) is 10.8 Å². The topological polar surface area (TPSA) is 72.9 Å². The van der Waals surface area contributed by atoms with E-state index in [1.807, 2.05) is 18.2 Å². The average molecular weight is 337 g/mol. The first-order valence-corrected chi connectivity index (χ1v) is 8.39. The van der Waals surface area contributed by atoms with Crippen molar-refractivity contribution < 1.29 is 22.2 Å². The lowest BCUT2D eigenvalue weighted by molar-refractivity contribution is -0.0526. The summed E-state index contributed by atoms with van der Waals surface area (Å²) in [6, 6.07) is 12.0. The number of ether oxygens (including phenoxy) is 1. The molecule has 2 rings (SSSR count). The lowest BCUT2D eigenvalue weighted by Crippen LogP contribution is -2.35. The molecule has 2 aromatic rings. The predicted molar refractivity (Wildman–Crippen MR) is 86.2 cm³/mol. The summed E-state index contributed by atoms with van der Waals surface area (Å²) < 4.78 is 34.4. The molecule has 0 atom stereocenters. The number of rotatable bonds is 3. The lowest BCUT2D eigenvalue weighted by Gasteiger charge is -2.23. The minimum absolute atomic E-state index is 0.0355. The van der Waals surface area contributed by atoms with Crippen LogP contribution in [0.4, 0.5) is 4.79 Å². The van der Waals surface area contributed by atoms with Crippen LogP contribution in [0, 0.1) is 0 Å². The fourth-order valence-corrected chi connectivity index (χ4v) is 2.82. The second kappa shape index (κ2) is 6.17. The quantitative estimate of drug-likeness (QED) is 0.803. The molecule has 7 heteroatoms. The summed E-state index contributed by atoms with van der Waals surface area (Å²) in [4.78, 5) is 11.8. The van der Waals surface area contributed by atoms with Crippen molar-refractivity contribution in [2.75, 3.05) is 7.05 Å². The van der Waals surface area contributed by atoms with Crippen LogP contribution in [0.25, 0.3) is 10.8 Å². The Labute approximate surface area is 135 Å². The van der Waals surface area contributed by atoms with Gasteiger partial charge in [-0.1, -0.05) is 30.3 Å². The molecule has 0 spiro atoms. The van der Waals surface area contributed by atoms with Crippen molar-refractivity contribution in [1.82, 2.24) is 5.06 Å². The van der Waals surface area contributed by atoms with E-state index >= 15 is 0 Å². The molecule has 6 nitrogen and oxygen atoms in total. The molecule has 0 unspecified atom stereocenters. The fourth-order valence-electron chi connectivity index (χ4n) is 1.87. The molecule has 1 amide bonds. The van der Waals surface area contributed by atoms with E-state index in [4.69, 9.17) is 9.02 Å². The summed E-state index contributed by atoms with van der Waals surface area (Å²) in [5, 5.41) is 2.24. The van der Waals surface area contributed by atoms with Gasteiger partial charge in [-0.2, -0.15) is 13.5 Å². The third-order valence-corrected chi connectivity index (χ3v) is 4.12. The number of carbonyl (C=O) groups is 1. The van der Waals surface area contributed by atoms with E-state index in [1.54, 1.807) is 32.9 Å². The Morgan fingerprint density at radius 2 is 1.65 bits per heavy atom. The standard InChI is InChI=1S/C16H19NO5S/c1-16(2,3)21-15(18)17(4)22-23(19,20)14-10-9-12-7-5-6-8-13(12)11-14/h5-11H,1-4H3. The van der Waals surface area contributed by atoms with Gasteiger partial charge in [0.2, 0.25) is 0 Å².